The van der Waals surface area contributed by atoms with E-state index in [0.29, 0.717) is 37.9 Å². The van der Waals surface area contributed by atoms with Crippen LogP contribution in [-0.2, 0) is 14.8 Å². The summed E-state index contributed by atoms with van der Waals surface area (Å²) in [5, 5.41) is 3.12. The lowest BCUT2D eigenvalue weighted by Gasteiger charge is -2.26. The maximum absolute atomic E-state index is 12.6. The summed E-state index contributed by atoms with van der Waals surface area (Å²) in [7, 11) is -1.95. The molecule has 2 heterocycles. The minimum atomic E-state index is -3.58. The van der Waals surface area contributed by atoms with Crippen LogP contribution in [0.25, 0.3) is 11.3 Å². The van der Waals surface area contributed by atoms with Gasteiger partial charge in [0.05, 0.1) is 30.9 Å². The van der Waals surface area contributed by atoms with Crippen LogP contribution in [0.2, 0.25) is 0 Å². The van der Waals surface area contributed by atoms with Gasteiger partial charge in [-0.2, -0.15) is 0 Å². The van der Waals surface area contributed by atoms with Gasteiger partial charge in [-0.15, -0.1) is 0 Å². The maximum atomic E-state index is 12.6. The van der Waals surface area contributed by atoms with E-state index >= 15 is 0 Å². The van der Waals surface area contributed by atoms with E-state index in [1.54, 1.807) is 37.6 Å². The smallest absolute Gasteiger partial charge is 0.240 e. The van der Waals surface area contributed by atoms with Gasteiger partial charge in [-0.25, -0.2) is 23.1 Å². The van der Waals surface area contributed by atoms with E-state index in [0.717, 1.165) is 30.1 Å². The van der Waals surface area contributed by atoms with Gasteiger partial charge >= 0.3 is 0 Å². The van der Waals surface area contributed by atoms with Gasteiger partial charge in [0.1, 0.15) is 5.75 Å². The van der Waals surface area contributed by atoms with E-state index in [1.807, 2.05) is 30.3 Å². The van der Waals surface area contributed by atoms with Crippen LogP contribution in [0.15, 0.2) is 65.7 Å². The number of rotatable bonds is 9. The number of benzene rings is 2. The molecule has 9 nitrogen and oxygen atoms in total. The van der Waals surface area contributed by atoms with Crippen LogP contribution in [0.3, 0.4) is 0 Å². The van der Waals surface area contributed by atoms with Crippen molar-refractivity contribution in [2.24, 2.45) is 0 Å². The summed E-state index contributed by atoms with van der Waals surface area (Å²) in [6.07, 6.45) is 1.67. The Morgan fingerprint density at radius 1 is 1.03 bits per heavy atom. The molecule has 1 fully saturated rings. The van der Waals surface area contributed by atoms with Gasteiger partial charge in [0, 0.05) is 43.6 Å². The minimum Gasteiger partial charge on any atom is -0.497 e. The van der Waals surface area contributed by atoms with Crippen molar-refractivity contribution in [1.29, 1.82) is 0 Å². The van der Waals surface area contributed by atoms with Crippen LogP contribution in [0.4, 0.5) is 11.6 Å². The van der Waals surface area contributed by atoms with Gasteiger partial charge < -0.3 is 14.8 Å². The van der Waals surface area contributed by atoms with Crippen molar-refractivity contribution in [2.75, 3.05) is 51.8 Å². The first-order valence-electron chi connectivity index (χ1n) is 10.7. The number of hydrogen-bond donors (Lipinski definition) is 2. The number of nitrogens with one attached hydrogen (secondary N) is 2. The Morgan fingerprint density at radius 2 is 1.76 bits per heavy atom. The topological polar surface area (TPSA) is 106 Å². The molecule has 0 saturated carbocycles. The van der Waals surface area contributed by atoms with Crippen LogP contribution in [0, 0.1) is 0 Å². The molecule has 2 N–H and O–H groups in total. The second-order valence-electron chi connectivity index (χ2n) is 7.50. The molecule has 1 aliphatic rings. The monoisotopic (exact) mass is 469 g/mol. The first-order chi connectivity index (χ1) is 16.0. The Morgan fingerprint density at radius 3 is 2.45 bits per heavy atom. The summed E-state index contributed by atoms with van der Waals surface area (Å²) < 4.78 is 38.3. The van der Waals surface area contributed by atoms with Gasteiger partial charge in [-0.1, -0.05) is 0 Å². The molecule has 4 rings (SSSR count). The first kappa shape index (κ1) is 23.1. The standard InChI is InChI=1S/C23H27N5O4S/c1-31-20-6-2-18(3-7-20)22-10-11-24-23(27-22)26-19-4-8-21(9-5-19)33(29,30)25-12-13-28-14-16-32-17-15-28/h2-11,25H,12-17H2,1H3,(H,24,26,27). The molecule has 0 radical (unpaired) electrons. The van der Waals surface area contributed by atoms with Crippen molar-refractivity contribution in [3.05, 3.63) is 60.8 Å². The van der Waals surface area contributed by atoms with E-state index in [9.17, 15) is 8.42 Å². The molecule has 10 heteroatoms. The Kier molecular flexibility index (Phi) is 7.50. The molecule has 0 atom stereocenters. The van der Waals surface area contributed by atoms with Crippen LogP contribution in [-0.4, -0.2) is 69.8 Å². The second kappa shape index (κ2) is 10.7. The predicted octanol–water partition coefficient (Wildman–Crippen LogP) is 2.51. The number of aromatic nitrogens is 2. The zero-order valence-corrected chi connectivity index (χ0v) is 19.2. The third kappa shape index (κ3) is 6.26. The molecule has 0 unspecified atom stereocenters. The average Bonchev–Trinajstić information content (AvgIpc) is 2.85. The molecule has 33 heavy (non-hydrogen) atoms. The van der Waals surface area contributed by atoms with E-state index in [2.05, 4.69) is 24.9 Å². The van der Waals surface area contributed by atoms with Crippen molar-refractivity contribution in [2.45, 2.75) is 4.90 Å². The summed E-state index contributed by atoms with van der Waals surface area (Å²) in [5.41, 5.74) is 2.39. The largest absolute Gasteiger partial charge is 0.497 e. The number of ether oxygens (including phenoxy) is 2. The van der Waals surface area contributed by atoms with Gasteiger partial charge in [-0.05, 0) is 54.6 Å². The molecule has 3 aromatic rings. The SMILES string of the molecule is COc1ccc(-c2ccnc(Nc3ccc(S(=O)(=O)NCCN4CCOCC4)cc3)n2)cc1. The number of morpholine rings is 1. The molecule has 0 bridgehead atoms. The molecular weight excluding hydrogens is 442 g/mol. The quantitative estimate of drug-likeness (QED) is 0.493. The fourth-order valence-corrected chi connectivity index (χ4v) is 4.46. The van der Waals surface area contributed by atoms with E-state index < -0.39 is 10.0 Å². The average molecular weight is 470 g/mol. The Hall–Kier alpha value is -3.05. The highest BCUT2D eigenvalue weighted by atomic mass is 32.2. The van der Waals surface area contributed by atoms with Gasteiger partial charge in [-0.3, -0.25) is 4.90 Å². The second-order valence-corrected chi connectivity index (χ2v) is 9.26. The molecule has 1 aliphatic heterocycles. The fourth-order valence-electron chi connectivity index (χ4n) is 3.43. The van der Waals surface area contributed by atoms with E-state index in [4.69, 9.17) is 9.47 Å². The highest BCUT2D eigenvalue weighted by Crippen LogP contribution is 2.22. The lowest BCUT2D eigenvalue weighted by atomic mass is 10.1. The van der Waals surface area contributed by atoms with Gasteiger partial charge in [0.2, 0.25) is 16.0 Å². The van der Waals surface area contributed by atoms with Crippen molar-refractivity contribution in [1.82, 2.24) is 19.6 Å². The number of hydrogen-bond acceptors (Lipinski definition) is 8. The summed E-state index contributed by atoms with van der Waals surface area (Å²) in [4.78, 5) is 11.2. The summed E-state index contributed by atoms with van der Waals surface area (Å²) in [6.45, 7) is 4.04. The summed E-state index contributed by atoms with van der Waals surface area (Å²) >= 11 is 0. The first-order valence-corrected chi connectivity index (χ1v) is 12.2. The molecule has 0 spiro atoms. The molecule has 174 valence electrons. The Labute approximate surface area is 193 Å². The molecule has 0 amide bonds. The number of anilines is 2. The zero-order valence-electron chi connectivity index (χ0n) is 18.4. The fraction of sp³-hybridized carbons (Fsp3) is 0.304. The third-order valence-corrected chi connectivity index (χ3v) is 6.76. The zero-order chi connectivity index (χ0) is 23.1. The van der Waals surface area contributed by atoms with Crippen molar-refractivity contribution < 1.29 is 17.9 Å². The maximum Gasteiger partial charge on any atom is 0.240 e. The lowest BCUT2D eigenvalue weighted by Crippen LogP contribution is -2.41. The van der Waals surface area contributed by atoms with E-state index in [1.165, 1.54) is 0 Å². The van der Waals surface area contributed by atoms with Crippen LogP contribution in [0.1, 0.15) is 0 Å². The Bertz CT molecular complexity index is 1150. The summed E-state index contributed by atoms with van der Waals surface area (Å²) in [5.74, 6) is 1.19. The van der Waals surface area contributed by atoms with Crippen molar-refractivity contribution in [3.63, 3.8) is 0 Å². The normalized spacial score (nSPS) is 14.7. The minimum absolute atomic E-state index is 0.211. The highest BCUT2D eigenvalue weighted by Gasteiger charge is 2.15. The van der Waals surface area contributed by atoms with Crippen molar-refractivity contribution >= 4 is 21.7 Å². The van der Waals surface area contributed by atoms with Gasteiger partial charge in [0.15, 0.2) is 0 Å². The highest BCUT2D eigenvalue weighted by molar-refractivity contribution is 7.89. The molecule has 1 aromatic heterocycles. The number of sulfonamides is 1. The molecule has 0 aliphatic carbocycles. The lowest BCUT2D eigenvalue weighted by molar-refractivity contribution is 0.0390. The third-order valence-electron chi connectivity index (χ3n) is 5.29. The predicted molar refractivity (Wildman–Crippen MR) is 126 cm³/mol. The van der Waals surface area contributed by atoms with Crippen LogP contribution >= 0.6 is 0 Å². The van der Waals surface area contributed by atoms with Crippen LogP contribution in [0.5, 0.6) is 5.75 Å². The molecular formula is C23H27N5O4S. The summed E-state index contributed by atoms with van der Waals surface area (Å²) in [6, 6.07) is 15.9. The Balaban J connectivity index is 1.37. The molecule has 2 aromatic carbocycles. The molecule has 1 saturated heterocycles. The van der Waals surface area contributed by atoms with E-state index in [-0.39, 0.29) is 4.90 Å². The number of nitrogens with zero attached hydrogens (tertiary/aromatic N) is 3. The van der Waals surface area contributed by atoms with Crippen LogP contribution < -0.4 is 14.8 Å². The van der Waals surface area contributed by atoms with Gasteiger partial charge in [0.25, 0.3) is 0 Å². The number of methoxy groups -OCH3 is 1. The van der Waals surface area contributed by atoms with Crippen molar-refractivity contribution in [3.8, 4) is 17.0 Å².